The van der Waals surface area contributed by atoms with Crippen molar-refractivity contribution in [2.45, 2.75) is 51.6 Å². The summed E-state index contributed by atoms with van der Waals surface area (Å²) in [4.78, 5) is 7.00. The maximum Gasteiger partial charge on any atom is 0.232 e. The maximum absolute atomic E-state index is 5.38. The molecule has 108 valence electrons. The fourth-order valence-corrected chi connectivity index (χ4v) is 3.37. The molecule has 1 aliphatic rings. The van der Waals surface area contributed by atoms with Crippen molar-refractivity contribution in [1.29, 1.82) is 0 Å². The van der Waals surface area contributed by atoms with Crippen molar-refractivity contribution in [2.75, 3.05) is 6.54 Å². The van der Waals surface area contributed by atoms with Crippen LogP contribution in [-0.4, -0.2) is 21.6 Å². The van der Waals surface area contributed by atoms with Gasteiger partial charge >= 0.3 is 0 Å². The molecule has 0 amide bonds. The average Bonchev–Trinajstić information content (AvgIpc) is 3.08. The highest BCUT2D eigenvalue weighted by atomic mass is 32.1. The van der Waals surface area contributed by atoms with Crippen LogP contribution in [0.3, 0.4) is 0 Å². The second-order valence-electron chi connectivity index (χ2n) is 6.45. The molecular formula is C15H21N3OS. The minimum Gasteiger partial charge on any atom is -0.339 e. The summed E-state index contributed by atoms with van der Waals surface area (Å²) in [5, 5.41) is 8.54. The first-order valence-electron chi connectivity index (χ1n) is 7.13. The molecule has 3 rings (SSSR count). The standard InChI is InChI=1S/C15H21N3OS/c1-15(2,3)14-16-13(17-19-14)9-18-7-4-5-12(18)11-6-8-20-10-11/h6,8,10,12H,4-5,7,9H2,1-3H3. The number of nitrogens with zero attached hydrogens (tertiary/aromatic N) is 3. The van der Waals surface area contributed by atoms with Crippen molar-refractivity contribution < 1.29 is 4.52 Å². The molecule has 1 atom stereocenters. The van der Waals surface area contributed by atoms with Crippen LogP contribution in [0.2, 0.25) is 0 Å². The van der Waals surface area contributed by atoms with Gasteiger partial charge in [0, 0.05) is 11.5 Å². The molecule has 0 saturated carbocycles. The highest BCUT2D eigenvalue weighted by molar-refractivity contribution is 7.07. The summed E-state index contributed by atoms with van der Waals surface area (Å²) in [5.41, 5.74) is 1.34. The van der Waals surface area contributed by atoms with Crippen LogP contribution in [0.15, 0.2) is 21.3 Å². The van der Waals surface area contributed by atoms with E-state index >= 15 is 0 Å². The quantitative estimate of drug-likeness (QED) is 0.863. The van der Waals surface area contributed by atoms with E-state index in [9.17, 15) is 0 Å². The van der Waals surface area contributed by atoms with Gasteiger partial charge in [0.1, 0.15) is 0 Å². The first-order valence-corrected chi connectivity index (χ1v) is 8.07. The predicted molar refractivity (Wildman–Crippen MR) is 79.7 cm³/mol. The van der Waals surface area contributed by atoms with Crippen LogP contribution in [0.1, 0.15) is 56.9 Å². The third-order valence-electron chi connectivity index (χ3n) is 3.75. The van der Waals surface area contributed by atoms with Gasteiger partial charge in [-0.2, -0.15) is 16.3 Å². The molecule has 1 aliphatic heterocycles. The zero-order valence-corrected chi connectivity index (χ0v) is 13.1. The average molecular weight is 291 g/mol. The molecule has 1 unspecified atom stereocenters. The summed E-state index contributed by atoms with van der Waals surface area (Å²) in [6.07, 6.45) is 2.46. The third kappa shape index (κ3) is 2.79. The Morgan fingerprint density at radius 2 is 2.30 bits per heavy atom. The lowest BCUT2D eigenvalue weighted by atomic mass is 9.97. The van der Waals surface area contributed by atoms with E-state index in [4.69, 9.17) is 4.52 Å². The summed E-state index contributed by atoms with van der Waals surface area (Å²) >= 11 is 1.77. The normalized spacial score (nSPS) is 20.6. The maximum atomic E-state index is 5.38. The SMILES string of the molecule is CC(C)(C)c1nc(CN2CCCC2c2ccsc2)no1. The summed E-state index contributed by atoms with van der Waals surface area (Å²) in [5.74, 6) is 1.52. The van der Waals surface area contributed by atoms with E-state index in [1.807, 2.05) is 0 Å². The first kappa shape index (κ1) is 13.8. The second-order valence-corrected chi connectivity index (χ2v) is 7.23. The molecule has 20 heavy (non-hydrogen) atoms. The van der Waals surface area contributed by atoms with E-state index < -0.39 is 0 Å². The molecule has 0 aliphatic carbocycles. The molecule has 0 radical (unpaired) electrons. The lowest BCUT2D eigenvalue weighted by Gasteiger charge is -2.22. The van der Waals surface area contributed by atoms with Gasteiger partial charge in [-0.3, -0.25) is 4.90 Å². The zero-order chi connectivity index (χ0) is 14.2. The molecule has 2 aromatic heterocycles. The van der Waals surface area contributed by atoms with E-state index in [2.05, 4.69) is 52.6 Å². The minimum atomic E-state index is -0.0803. The Morgan fingerprint density at radius 3 is 2.95 bits per heavy atom. The summed E-state index contributed by atoms with van der Waals surface area (Å²) in [7, 11) is 0. The Kier molecular flexibility index (Phi) is 3.65. The predicted octanol–water partition coefficient (Wildman–Crippen LogP) is 3.77. The molecule has 5 heteroatoms. The Labute approximate surface area is 123 Å². The Hall–Kier alpha value is -1.20. The highest BCUT2D eigenvalue weighted by Gasteiger charge is 2.28. The van der Waals surface area contributed by atoms with Crippen LogP contribution < -0.4 is 0 Å². The summed E-state index contributed by atoms with van der Waals surface area (Å²) < 4.78 is 5.38. The molecule has 3 heterocycles. The van der Waals surface area contributed by atoms with E-state index in [1.165, 1.54) is 18.4 Å². The number of likely N-dealkylation sites (tertiary alicyclic amines) is 1. The number of rotatable bonds is 3. The lowest BCUT2D eigenvalue weighted by Crippen LogP contribution is -2.23. The first-order chi connectivity index (χ1) is 9.54. The highest BCUT2D eigenvalue weighted by Crippen LogP contribution is 2.34. The van der Waals surface area contributed by atoms with Crippen LogP contribution in [0.5, 0.6) is 0 Å². The van der Waals surface area contributed by atoms with Crippen molar-refractivity contribution in [2.24, 2.45) is 0 Å². The molecular weight excluding hydrogens is 270 g/mol. The van der Waals surface area contributed by atoms with Gasteiger partial charge in [0.15, 0.2) is 5.82 Å². The van der Waals surface area contributed by atoms with E-state index in [1.54, 1.807) is 11.3 Å². The largest absolute Gasteiger partial charge is 0.339 e. The van der Waals surface area contributed by atoms with Crippen molar-refractivity contribution in [3.63, 3.8) is 0 Å². The van der Waals surface area contributed by atoms with Gasteiger partial charge in [-0.15, -0.1) is 0 Å². The van der Waals surface area contributed by atoms with Gasteiger partial charge in [-0.1, -0.05) is 25.9 Å². The van der Waals surface area contributed by atoms with Crippen LogP contribution in [0.25, 0.3) is 0 Å². The molecule has 4 nitrogen and oxygen atoms in total. The molecule has 0 N–H and O–H groups in total. The van der Waals surface area contributed by atoms with Gasteiger partial charge < -0.3 is 4.52 Å². The van der Waals surface area contributed by atoms with Crippen molar-refractivity contribution in [1.82, 2.24) is 15.0 Å². The Morgan fingerprint density at radius 1 is 1.45 bits per heavy atom. The van der Waals surface area contributed by atoms with Gasteiger partial charge in [0.2, 0.25) is 5.89 Å². The smallest absolute Gasteiger partial charge is 0.232 e. The lowest BCUT2D eigenvalue weighted by molar-refractivity contribution is 0.237. The topological polar surface area (TPSA) is 42.2 Å². The summed E-state index contributed by atoms with van der Waals surface area (Å²) in [6.45, 7) is 8.16. The minimum absolute atomic E-state index is 0.0803. The van der Waals surface area contributed by atoms with Crippen LogP contribution in [0.4, 0.5) is 0 Å². The van der Waals surface area contributed by atoms with Crippen molar-refractivity contribution in [3.8, 4) is 0 Å². The van der Waals surface area contributed by atoms with E-state index in [0.717, 1.165) is 24.8 Å². The summed E-state index contributed by atoms with van der Waals surface area (Å²) in [6, 6.07) is 2.74. The fourth-order valence-electron chi connectivity index (χ4n) is 2.66. The van der Waals surface area contributed by atoms with Crippen molar-refractivity contribution >= 4 is 11.3 Å². The monoisotopic (exact) mass is 291 g/mol. The van der Waals surface area contributed by atoms with Gasteiger partial charge in [0.05, 0.1) is 6.54 Å². The Bertz CT molecular complexity index is 556. The van der Waals surface area contributed by atoms with E-state index in [0.29, 0.717) is 6.04 Å². The fraction of sp³-hybridized carbons (Fsp3) is 0.600. The van der Waals surface area contributed by atoms with Gasteiger partial charge in [-0.05, 0) is 41.8 Å². The molecule has 0 aromatic carbocycles. The number of thiophene rings is 1. The molecule has 0 bridgehead atoms. The molecule has 2 aromatic rings. The van der Waals surface area contributed by atoms with E-state index in [-0.39, 0.29) is 5.41 Å². The van der Waals surface area contributed by atoms with Gasteiger partial charge in [0.25, 0.3) is 0 Å². The van der Waals surface area contributed by atoms with Crippen LogP contribution >= 0.6 is 11.3 Å². The number of hydrogen-bond acceptors (Lipinski definition) is 5. The third-order valence-corrected chi connectivity index (χ3v) is 4.45. The Balaban J connectivity index is 1.72. The molecule has 0 spiro atoms. The second kappa shape index (κ2) is 5.30. The van der Waals surface area contributed by atoms with Crippen molar-refractivity contribution in [3.05, 3.63) is 34.1 Å². The van der Waals surface area contributed by atoms with Crippen LogP contribution in [-0.2, 0) is 12.0 Å². The van der Waals surface area contributed by atoms with Crippen LogP contribution in [0, 0.1) is 0 Å². The number of aromatic nitrogens is 2. The molecule has 1 fully saturated rings. The number of hydrogen-bond donors (Lipinski definition) is 0. The molecule has 1 saturated heterocycles. The van der Waals surface area contributed by atoms with Gasteiger partial charge in [-0.25, -0.2) is 0 Å². The zero-order valence-electron chi connectivity index (χ0n) is 12.3.